The van der Waals surface area contributed by atoms with Crippen molar-refractivity contribution < 1.29 is 13.9 Å². The van der Waals surface area contributed by atoms with Crippen LogP contribution in [-0.4, -0.2) is 28.9 Å². The first-order valence-corrected chi connectivity index (χ1v) is 9.71. The Bertz CT molecular complexity index is 922. The number of ether oxygens (including phenoxy) is 1. The second-order valence-corrected chi connectivity index (χ2v) is 6.78. The molecule has 0 aliphatic carbocycles. The smallest absolute Gasteiger partial charge is 0.273 e. The van der Waals surface area contributed by atoms with Crippen LogP contribution in [0.1, 0.15) is 29.9 Å². The summed E-state index contributed by atoms with van der Waals surface area (Å²) in [6, 6.07) is 14.0. The Morgan fingerprint density at radius 2 is 1.93 bits per heavy atom. The molecule has 1 aromatic heterocycles. The van der Waals surface area contributed by atoms with Gasteiger partial charge in [0.2, 0.25) is 0 Å². The zero-order valence-electron chi connectivity index (χ0n) is 15.3. The number of carbonyl (C=O) groups excluding carboxylic acids is 1. The lowest BCUT2D eigenvalue weighted by Gasteiger charge is -2.16. The van der Waals surface area contributed by atoms with Gasteiger partial charge in [-0.3, -0.25) is 4.79 Å². The average molecular weight is 384 g/mol. The van der Waals surface area contributed by atoms with E-state index in [9.17, 15) is 9.18 Å². The fourth-order valence-corrected chi connectivity index (χ4v) is 3.46. The monoisotopic (exact) mass is 384 g/mol. The number of thiazole rings is 1. The Morgan fingerprint density at radius 1 is 1.15 bits per heavy atom. The van der Waals surface area contributed by atoms with E-state index >= 15 is 0 Å². The van der Waals surface area contributed by atoms with Crippen LogP contribution in [0.2, 0.25) is 0 Å². The van der Waals surface area contributed by atoms with E-state index in [4.69, 9.17) is 4.74 Å². The Hall–Kier alpha value is -2.73. The molecule has 0 spiro atoms. The lowest BCUT2D eigenvalue weighted by molar-refractivity contribution is 0.0768. The number of aromatic nitrogens is 1. The van der Waals surface area contributed by atoms with Crippen molar-refractivity contribution in [2.45, 2.75) is 20.5 Å². The van der Waals surface area contributed by atoms with E-state index in [1.54, 1.807) is 28.5 Å². The Morgan fingerprint density at radius 3 is 2.67 bits per heavy atom. The van der Waals surface area contributed by atoms with Gasteiger partial charge in [0, 0.05) is 29.6 Å². The second-order valence-electron chi connectivity index (χ2n) is 5.92. The van der Waals surface area contributed by atoms with Crippen molar-refractivity contribution in [3.63, 3.8) is 0 Å². The number of nitrogens with zero attached hydrogens (tertiary/aromatic N) is 2. The molecule has 0 saturated heterocycles. The van der Waals surface area contributed by atoms with Crippen LogP contribution in [0.4, 0.5) is 4.39 Å². The van der Waals surface area contributed by atoms with E-state index in [2.05, 4.69) is 4.98 Å². The summed E-state index contributed by atoms with van der Waals surface area (Å²) in [6.45, 7) is 5.36. The molecule has 1 amide bonds. The van der Waals surface area contributed by atoms with E-state index < -0.39 is 0 Å². The van der Waals surface area contributed by atoms with Gasteiger partial charge >= 0.3 is 0 Å². The van der Waals surface area contributed by atoms with Crippen LogP contribution < -0.4 is 4.74 Å². The maximum Gasteiger partial charge on any atom is 0.273 e. The lowest BCUT2D eigenvalue weighted by Crippen LogP contribution is -2.30. The van der Waals surface area contributed by atoms with Gasteiger partial charge in [0.1, 0.15) is 28.9 Å². The van der Waals surface area contributed by atoms with Gasteiger partial charge in [0.25, 0.3) is 5.91 Å². The number of amides is 1. The SMILES string of the molecule is CCN(CC)C(=O)c1csc(-c2cccc(OCc3ccccc3F)c2)n1. The molecule has 0 N–H and O–H groups in total. The van der Waals surface area contributed by atoms with Gasteiger partial charge in [-0.15, -0.1) is 11.3 Å². The minimum Gasteiger partial charge on any atom is -0.489 e. The number of benzene rings is 2. The van der Waals surface area contributed by atoms with Crippen LogP contribution in [0, 0.1) is 5.82 Å². The van der Waals surface area contributed by atoms with Gasteiger partial charge < -0.3 is 9.64 Å². The average Bonchev–Trinajstić information content (AvgIpc) is 3.19. The van der Waals surface area contributed by atoms with Crippen LogP contribution in [0.3, 0.4) is 0 Å². The molecule has 0 atom stereocenters. The molecular formula is C21H21FN2O2S. The third kappa shape index (κ3) is 4.52. The molecule has 0 saturated carbocycles. The molecule has 0 radical (unpaired) electrons. The van der Waals surface area contributed by atoms with Crippen molar-refractivity contribution in [2.75, 3.05) is 13.1 Å². The van der Waals surface area contributed by atoms with E-state index in [0.29, 0.717) is 30.1 Å². The van der Waals surface area contributed by atoms with Gasteiger partial charge in [0.15, 0.2) is 0 Å². The van der Waals surface area contributed by atoms with Crippen LogP contribution in [0.5, 0.6) is 5.75 Å². The zero-order valence-corrected chi connectivity index (χ0v) is 16.1. The number of carbonyl (C=O) groups is 1. The van der Waals surface area contributed by atoms with Gasteiger partial charge in [-0.1, -0.05) is 30.3 Å². The fourth-order valence-electron chi connectivity index (χ4n) is 2.67. The number of hydrogen-bond acceptors (Lipinski definition) is 4. The summed E-state index contributed by atoms with van der Waals surface area (Å²) >= 11 is 1.42. The molecule has 3 rings (SSSR count). The summed E-state index contributed by atoms with van der Waals surface area (Å²) in [6.07, 6.45) is 0. The van der Waals surface area contributed by atoms with Gasteiger partial charge in [0.05, 0.1) is 0 Å². The molecule has 0 aliphatic rings. The molecule has 140 valence electrons. The van der Waals surface area contributed by atoms with Crippen LogP contribution in [-0.2, 0) is 6.61 Å². The summed E-state index contributed by atoms with van der Waals surface area (Å²) in [5, 5.41) is 2.53. The highest BCUT2D eigenvalue weighted by atomic mass is 32.1. The number of rotatable bonds is 7. The summed E-state index contributed by atoms with van der Waals surface area (Å²) in [5.74, 6) is 0.283. The van der Waals surface area contributed by atoms with Gasteiger partial charge in [-0.25, -0.2) is 9.37 Å². The molecule has 6 heteroatoms. The van der Waals surface area contributed by atoms with E-state index in [1.165, 1.54) is 17.4 Å². The van der Waals surface area contributed by atoms with E-state index in [0.717, 1.165) is 10.6 Å². The normalized spacial score (nSPS) is 10.6. The second kappa shape index (κ2) is 8.77. The molecule has 0 aliphatic heterocycles. The van der Waals surface area contributed by atoms with Crippen molar-refractivity contribution in [3.05, 3.63) is 71.0 Å². The summed E-state index contributed by atoms with van der Waals surface area (Å²) < 4.78 is 19.4. The maximum absolute atomic E-state index is 13.7. The van der Waals surface area contributed by atoms with Gasteiger partial charge in [-0.05, 0) is 32.0 Å². The third-order valence-corrected chi connectivity index (χ3v) is 5.10. The van der Waals surface area contributed by atoms with Crippen LogP contribution in [0.25, 0.3) is 10.6 Å². The standard InChI is InChI=1S/C21H21FN2O2S/c1-3-24(4-2)21(25)19-14-27-20(23-19)15-9-7-10-17(12-15)26-13-16-8-5-6-11-18(16)22/h5-12,14H,3-4,13H2,1-2H3. The molecule has 3 aromatic rings. The fraction of sp³-hybridized carbons (Fsp3) is 0.238. The van der Waals surface area contributed by atoms with Gasteiger partial charge in [-0.2, -0.15) is 0 Å². The van der Waals surface area contributed by atoms with E-state index in [1.807, 2.05) is 38.1 Å². The van der Waals surface area contributed by atoms with Crippen LogP contribution >= 0.6 is 11.3 Å². The maximum atomic E-state index is 13.7. The van der Waals surface area contributed by atoms with Crippen molar-refractivity contribution in [1.82, 2.24) is 9.88 Å². The predicted molar refractivity (Wildman–Crippen MR) is 106 cm³/mol. The van der Waals surface area contributed by atoms with Crippen molar-refractivity contribution in [1.29, 1.82) is 0 Å². The molecule has 0 fully saturated rings. The van der Waals surface area contributed by atoms with Crippen molar-refractivity contribution >= 4 is 17.2 Å². The van der Waals surface area contributed by atoms with E-state index in [-0.39, 0.29) is 18.3 Å². The molecular weight excluding hydrogens is 363 g/mol. The largest absolute Gasteiger partial charge is 0.489 e. The first kappa shape index (κ1) is 19.0. The highest BCUT2D eigenvalue weighted by Crippen LogP contribution is 2.28. The lowest BCUT2D eigenvalue weighted by atomic mass is 10.2. The molecule has 0 bridgehead atoms. The van der Waals surface area contributed by atoms with Crippen LogP contribution in [0.15, 0.2) is 53.9 Å². The zero-order chi connectivity index (χ0) is 19.2. The summed E-state index contributed by atoms with van der Waals surface area (Å²) in [4.78, 5) is 18.6. The Balaban J connectivity index is 1.74. The third-order valence-electron chi connectivity index (χ3n) is 4.21. The molecule has 1 heterocycles. The highest BCUT2D eigenvalue weighted by Gasteiger charge is 2.16. The Kier molecular flexibility index (Phi) is 6.19. The minimum absolute atomic E-state index is 0.0607. The summed E-state index contributed by atoms with van der Waals surface area (Å²) in [5.41, 5.74) is 1.82. The molecule has 2 aromatic carbocycles. The van der Waals surface area contributed by atoms with Crippen molar-refractivity contribution in [2.24, 2.45) is 0 Å². The molecule has 27 heavy (non-hydrogen) atoms. The summed E-state index contributed by atoms with van der Waals surface area (Å²) in [7, 11) is 0. The predicted octanol–water partition coefficient (Wildman–Crippen LogP) is 5.01. The first-order valence-electron chi connectivity index (χ1n) is 8.83. The number of halogens is 1. The minimum atomic E-state index is -0.284. The topological polar surface area (TPSA) is 42.4 Å². The number of hydrogen-bond donors (Lipinski definition) is 0. The van der Waals surface area contributed by atoms with Crippen molar-refractivity contribution in [3.8, 4) is 16.3 Å². The molecule has 0 unspecified atom stereocenters. The Labute approximate surface area is 162 Å². The quantitative estimate of drug-likeness (QED) is 0.575. The highest BCUT2D eigenvalue weighted by molar-refractivity contribution is 7.13. The first-order chi connectivity index (χ1) is 13.1. The molecule has 4 nitrogen and oxygen atoms in total.